The Labute approximate surface area is 120 Å². The van der Waals surface area contributed by atoms with Gasteiger partial charge in [0.15, 0.2) is 0 Å². The third-order valence-electron chi connectivity index (χ3n) is 4.00. The molecule has 1 amide bonds. The predicted octanol–water partition coefficient (Wildman–Crippen LogP) is 1.22. The highest BCUT2D eigenvalue weighted by atomic mass is 16.3. The monoisotopic (exact) mass is 279 g/mol. The zero-order valence-electron chi connectivity index (χ0n) is 12.4. The van der Waals surface area contributed by atoms with Crippen molar-refractivity contribution in [3.63, 3.8) is 0 Å². The maximum absolute atomic E-state index is 12.1. The van der Waals surface area contributed by atoms with E-state index in [2.05, 4.69) is 15.5 Å². The summed E-state index contributed by atoms with van der Waals surface area (Å²) in [6.45, 7) is 5.55. The Morgan fingerprint density at radius 3 is 3.15 bits per heavy atom. The molecule has 1 saturated heterocycles. The average Bonchev–Trinajstić information content (AvgIpc) is 2.98. The van der Waals surface area contributed by atoms with Crippen molar-refractivity contribution in [2.24, 2.45) is 5.92 Å². The molecule has 0 aliphatic carbocycles. The van der Waals surface area contributed by atoms with E-state index >= 15 is 0 Å². The molecule has 112 valence electrons. The summed E-state index contributed by atoms with van der Waals surface area (Å²) in [6, 6.07) is 3.57. The van der Waals surface area contributed by atoms with Crippen LogP contribution in [-0.2, 0) is 11.3 Å². The van der Waals surface area contributed by atoms with E-state index in [0.29, 0.717) is 12.5 Å². The smallest absolute Gasteiger partial charge is 0.237 e. The second-order valence-electron chi connectivity index (χ2n) is 5.63. The van der Waals surface area contributed by atoms with Gasteiger partial charge in [-0.3, -0.25) is 9.69 Å². The second-order valence-corrected chi connectivity index (χ2v) is 5.63. The largest absolute Gasteiger partial charge is 0.467 e. The second kappa shape index (κ2) is 7.45. The van der Waals surface area contributed by atoms with Crippen LogP contribution in [0.15, 0.2) is 22.8 Å². The van der Waals surface area contributed by atoms with Crippen molar-refractivity contribution in [2.45, 2.75) is 32.4 Å². The summed E-state index contributed by atoms with van der Waals surface area (Å²) in [5, 5.41) is 6.33. The van der Waals surface area contributed by atoms with Crippen LogP contribution in [0, 0.1) is 5.92 Å². The first-order valence-corrected chi connectivity index (χ1v) is 7.38. The summed E-state index contributed by atoms with van der Waals surface area (Å²) >= 11 is 0. The van der Waals surface area contributed by atoms with E-state index in [1.54, 1.807) is 6.26 Å². The van der Waals surface area contributed by atoms with Crippen LogP contribution in [0.5, 0.6) is 0 Å². The molecule has 0 saturated carbocycles. The fourth-order valence-corrected chi connectivity index (χ4v) is 2.58. The molecule has 5 heteroatoms. The Kier molecular flexibility index (Phi) is 5.61. The van der Waals surface area contributed by atoms with Crippen LogP contribution in [0.25, 0.3) is 0 Å². The minimum atomic E-state index is -0.119. The van der Waals surface area contributed by atoms with Crippen molar-refractivity contribution >= 4 is 5.91 Å². The molecule has 2 atom stereocenters. The third-order valence-corrected chi connectivity index (χ3v) is 4.00. The van der Waals surface area contributed by atoms with Gasteiger partial charge in [-0.25, -0.2) is 0 Å². The Morgan fingerprint density at radius 1 is 1.65 bits per heavy atom. The van der Waals surface area contributed by atoms with Crippen molar-refractivity contribution < 1.29 is 9.21 Å². The molecule has 0 spiro atoms. The van der Waals surface area contributed by atoms with Gasteiger partial charge in [0.05, 0.1) is 18.8 Å². The van der Waals surface area contributed by atoms with Crippen molar-refractivity contribution in [1.29, 1.82) is 0 Å². The van der Waals surface area contributed by atoms with Gasteiger partial charge in [0.1, 0.15) is 5.76 Å². The molecule has 2 rings (SSSR count). The maximum atomic E-state index is 12.1. The number of piperidine rings is 1. The quantitative estimate of drug-likeness (QED) is 0.822. The lowest BCUT2D eigenvalue weighted by atomic mass is 9.99. The number of furan rings is 1. The van der Waals surface area contributed by atoms with Crippen LogP contribution in [-0.4, -0.2) is 43.5 Å². The molecule has 0 bridgehead atoms. The van der Waals surface area contributed by atoms with Crippen LogP contribution in [0.2, 0.25) is 0 Å². The zero-order chi connectivity index (χ0) is 14.4. The Morgan fingerprint density at radius 2 is 2.50 bits per heavy atom. The minimum absolute atomic E-state index is 0.0488. The standard InChI is InChI=1S/C15H25N3O2/c1-12(15(19)17-10-14-6-4-8-20-14)18(2)11-13-5-3-7-16-9-13/h4,6,8,12-13,16H,3,5,7,9-11H2,1-2H3,(H,17,19). The number of hydrogen-bond donors (Lipinski definition) is 2. The molecule has 1 aromatic heterocycles. The summed E-state index contributed by atoms with van der Waals surface area (Å²) < 4.78 is 5.21. The summed E-state index contributed by atoms with van der Waals surface area (Å²) in [7, 11) is 2.02. The van der Waals surface area contributed by atoms with E-state index in [1.807, 2.05) is 26.1 Å². The first-order chi connectivity index (χ1) is 9.66. The topological polar surface area (TPSA) is 57.5 Å². The first-order valence-electron chi connectivity index (χ1n) is 7.38. The molecule has 0 radical (unpaired) electrons. The number of rotatable bonds is 6. The lowest BCUT2D eigenvalue weighted by molar-refractivity contribution is -0.125. The van der Waals surface area contributed by atoms with Crippen molar-refractivity contribution in [2.75, 3.05) is 26.7 Å². The summed E-state index contributed by atoms with van der Waals surface area (Å²) in [5.74, 6) is 1.48. The zero-order valence-corrected chi connectivity index (χ0v) is 12.4. The van der Waals surface area contributed by atoms with E-state index in [1.165, 1.54) is 12.8 Å². The fraction of sp³-hybridized carbons (Fsp3) is 0.667. The molecule has 5 nitrogen and oxygen atoms in total. The van der Waals surface area contributed by atoms with E-state index < -0.39 is 0 Å². The number of carbonyl (C=O) groups excluding carboxylic acids is 1. The van der Waals surface area contributed by atoms with E-state index in [9.17, 15) is 4.79 Å². The molecule has 1 aliphatic heterocycles. The van der Waals surface area contributed by atoms with Crippen LogP contribution in [0.1, 0.15) is 25.5 Å². The lowest BCUT2D eigenvalue weighted by Gasteiger charge is -2.30. The molecular formula is C15H25N3O2. The van der Waals surface area contributed by atoms with Crippen LogP contribution in [0.3, 0.4) is 0 Å². The van der Waals surface area contributed by atoms with Gasteiger partial charge in [-0.05, 0) is 58.0 Å². The van der Waals surface area contributed by atoms with Gasteiger partial charge in [0, 0.05) is 6.54 Å². The van der Waals surface area contributed by atoms with E-state index in [-0.39, 0.29) is 11.9 Å². The van der Waals surface area contributed by atoms with Gasteiger partial charge in [-0.2, -0.15) is 0 Å². The number of likely N-dealkylation sites (N-methyl/N-ethyl adjacent to an activating group) is 1. The fourth-order valence-electron chi connectivity index (χ4n) is 2.58. The van der Waals surface area contributed by atoms with Gasteiger partial charge in [0.25, 0.3) is 0 Å². The molecule has 2 unspecified atom stereocenters. The van der Waals surface area contributed by atoms with Crippen LogP contribution in [0.4, 0.5) is 0 Å². The molecule has 1 aromatic rings. The SMILES string of the molecule is CC(C(=O)NCc1ccco1)N(C)CC1CCCNC1. The minimum Gasteiger partial charge on any atom is -0.467 e. The predicted molar refractivity (Wildman–Crippen MR) is 78.2 cm³/mol. The number of hydrogen-bond acceptors (Lipinski definition) is 4. The summed E-state index contributed by atoms with van der Waals surface area (Å²) in [4.78, 5) is 14.2. The number of nitrogens with zero attached hydrogens (tertiary/aromatic N) is 1. The number of nitrogens with one attached hydrogen (secondary N) is 2. The van der Waals surface area contributed by atoms with Gasteiger partial charge >= 0.3 is 0 Å². The Bertz CT molecular complexity index is 399. The average molecular weight is 279 g/mol. The lowest BCUT2D eigenvalue weighted by Crippen LogP contribution is -2.46. The van der Waals surface area contributed by atoms with Crippen molar-refractivity contribution in [1.82, 2.24) is 15.5 Å². The molecule has 1 aliphatic rings. The van der Waals surface area contributed by atoms with Gasteiger partial charge < -0.3 is 15.1 Å². The van der Waals surface area contributed by atoms with Crippen LogP contribution < -0.4 is 10.6 Å². The Balaban J connectivity index is 1.73. The summed E-state index contributed by atoms with van der Waals surface area (Å²) in [6.07, 6.45) is 4.10. The highest BCUT2D eigenvalue weighted by Gasteiger charge is 2.22. The van der Waals surface area contributed by atoms with E-state index in [0.717, 1.165) is 25.4 Å². The molecule has 20 heavy (non-hydrogen) atoms. The molecule has 2 heterocycles. The Hall–Kier alpha value is -1.33. The molecule has 2 N–H and O–H groups in total. The number of carbonyl (C=O) groups is 1. The first kappa shape index (κ1) is 15.1. The van der Waals surface area contributed by atoms with Crippen molar-refractivity contribution in [3.05, 3.63) is 24.2 Å². The number of amides is 1. The van der Waals surface area contributed by atoms with E-state index in [4.69, 9.17) is 4.42 Å². The van der Waals surface area contributed by atoms with Gasteiger partial charge in [0.2, 0.25) is 5.91 Å². The van der Waals surface area contributed by atoms with Crippen molar-refractivity contribution in [3.8, 4) is 0 Å². The third kappa shape index (κ3) is 4.35. The van der Waals surface area contributed by atoms with Crippen LogP contribution >= 0.6 is 0 Å². The van der Waals surface area contributed by atoms with Gasteiger partial charge in [-0.15, -0.1) is 0 Å². The summed E-state index contributed by atoms with van der Waals surface area (Å²) in [5.41, 5.74) is 0. The molecule has 1 fully saturated rings. The highest BCUT2D eigenvalue weighted by Crippen LogP contribution is 2.12. The molecular weight excluding hydrogens is 254 g/mol. The van der Waals surface area contributed by atoms with Gasteiger partial charge in [-0.1, -0.05) is 0 Å². The molecule has 0 aromatic carbocycles. The maximum Gasteiger partial charge on any atom is 0.237 e. The highest BCUT2D eigenvalue weighted by molar-refractivity contribution is 5.81. The normalized spacial score (nSPS) is 20.9.